The molecule has 0 saturated heterocycles. The molecule has 2 heteroatoms. The van der Waals surface area contributed by atoms with Crippen LogP contribution in [-0.4, -0.2) is 11.2 Å². The molecule has 0 unspecified atom stereocenters. The van der Waals surface area contributed by atoms with E-state index in [0.29, 0.717) is 0 Å². The zero-order valence-corrected chi connectivity index (χ0v) is 13.2. The van der Waals surface area contributed by atoms with Gasteiger partial charge in [-0.3, -0.25) is 0 Å². The van der Waals surface area contributed by atoms with Gasteiger partial charge in [-0.25, -0.2) is 0 Å². The lowest BCUT2D eigenvalue weighted by Crippen LogP contribution is -2.32. The Labute approximate surface area is 123 Å². The fourth-order valence-corrected chi connectivity index (χ4v) is 3.20. The van der Waals surface area contributed by atoms with Gasteiger partial charge in [-0.2, -0.15) is 0 Å². The van der Waals surface area contributed by atoms with Gasteiger partial charge in [0.05, 0.1) is 11.7 Å². The molecule has 1 fully saturated rings. The minimum Gasteiger partial charge on any atom is -0.491 e. The zero-order chi connectivity index (χ0) is 14.8. The van der Waals surface area contributed by atoms with E-state index in [1.807, 2.05) is 38.1 Å². The molecule has 2 rings (SSSR count). The predicted octanol–water partition coefficient (Wildman–Crippen LogP) is 4.51. The van der Waals surface area contributed by atoms with E-state index in [9.17, 15) is 5.11 Å². The van der Waals surface area contributed by atoms with E-state index in [0.717, 1.165) is 48.8 Å². The maximum Gasteiger partial charge on any atom is 0.120 e. The normalized spacial score (nSPS) is 27.1. The van der Waals surface area contributed by atoms with Crippen LogP contribution in [0.2, 0.25) is 0 Å². The smallest absolute Gasteiger partial charge is 0.120 e. The molecular weight excluding hydrogens is 248 g/mol. The zero-order valence-electron chi connectivity index (χ0n) is 13.2. The van der Waals surface area contributed by atoms with E-state index in [1.165, 1.54) is 0 Å². The largest absolute Gasteiger partial charge is 0.491 e. The molecule has 0 spiro atoms. The van der Waals surface area contributed by atoms with Gasteiger partial charge >= 0.3 is 0 Å². The lowest BCUT2D eigenvalue weighted by molar-refractivity contribution is -0.0201. The van der Waals surface area contributed by atoms with Crippen molar-refractivity contribution in [2.24, 2.45) is 11.8 Å². The molecule has 0 atom stereocenters. The summed E-state index contributed by atoms with van der Waals surface area (Å²) in [6, 6.07) is 7.99. The van der Waals surface area contributed by atoms with Crippen LogP contribution in [0.1, 0.15) is 58.9 Å². The van der Waals surface area contributed by atoms with Gasteiger partial charge in [-0.05, 0) is 69.1 Å². The van der Waals surface area contributed by atoms with E-state index in [4.69, 9.17) is 4.74 Å². The van der Waals surface area contributed by atoms with E-state index in [1.54, 1.807) is 0 Å². The molecule has 0 aliphatic heterocycles. The van der Waals surface area contributed by atoms with Gasteiger partial charge in [0.25, 0.3) is 0 Å². The molecule has 1 aliphatic carbocycles. The first-order valence-corrected chi connectivity index (χ1v) is 7.90. The topological polar surface area (TPSA) is 29.5 Å². The van der Waals surface area contributed by atoms with E-state index in [-0.39, 0.29) is 6.10 Å². The highest BCUT2D eigenvalue weighted by atomic mass is 16.5. The van der Waals surface area contributed by atoms with Gasteiger partial charge in [-0.15, -0.1) is 0 Å². The summed E-state index contributed by atoms with van der Waals surface area (Å²) in [5.74, 6) is 2.33. The first-order valence-electron chi connectivity index (χ1n) is 7.90. The Morgan fingerprint density at radius 1 is 1.15 bits per heavy atom. The summed E-state index contributed by atoms with van der Waals surface area (Å²) in [5.41, 5.74) is 0.347. The maximum atomic E-state index is 10.9. The summed E-state index contributed by atoms with van der Waals surface area (Å²) in [6.07, 6.45) is 4.12. The van der Waals surface area contributed by atoms with Crippen molar-refractivity contribution in [3.8, 4) is 5.75 Å². The van der Waals surface area contributed by atoms with Crippen molar-refractivity contribution in [1.29, 1.82) is 0 Å². The molecule has 1 aromatic rings. The molecule has 20 heavy (non-hydrogen) atoms. The van der Waals surface area contributed by atoms with Crippen molar-refractivity contribution in [1.82, 2.24) is 0 Å². The molecule has 1 aliphatic rings. The Hall–Kier alpha value is -1.02. The molecule has 1 saturated carbocycles. The summed E-state index contributed by atoms with van der Waals surface area (Å²) < 4.78 is 5.74. The van der Waals surface area contributed by atoms with Crippen LogP contribution in [0.25, 0.3) is 0 Å². The Bertz CT molecular complexity index is 429. The average Bonchev–Trinajstić information content (AvgIpc) is 2.39. The van der Waals surface area contributed by atoms with Crippen molar-refractivity contribution in [2.45, 2.75) is 65.1 Å². The number of rotatable bonds is 4. The number of benzene rings is 1. The predicted molar refractivity (Wildman–Crippen MR) is 82.9 cm³/mol. The van der Waals surface area contributed by atoms with Crippen LogP contribution in [-0.2, 0) is 5.60 Å². The standard InChI is InChI=1S/C18H28O2/c1-13(2)15-8-10-18(19,11-9-15)16-6-5-7-17(12-16)20-14(3)4/h5-7,12-15,19H,8-11H2,1-4H3. The van der Waals surface area contributed by atoms with Gasteiger partial charge in [-0.1, -0.05) is 26.0 Å². The van der Waals surface area contributed by atoms with Crippen LogP contribution >= 0.6 is 0 Å². The van der Waals surface area contributed by atoms with Gasteiger partial charge < -0.3 is 9.84 Å². The minimum atomic E-state index is -0.665. The third kappa shape index (κ3) is 3.54. The first-order chi connectivity index (χ1) is 9.40. The molecule has 0 radical (unpaired) electrons. The van der Waals surface area contributed by atoms with Gasteiger partial charge in [0, 0.05) is 0 Å². The summed E-state index contributed by atoms with van der Waals surface area (Å²) in [7, 11) is 0. The highest BCUT2D eigenvalue weighted by Crippen LogP contribution is 2.42. The quantitative estimate of drug-likeness (QED) is 0.877. The fraction of sp³-hybridized carbons (Fsp3) is 0.667. The Kier molecular flexibility index (Phi) is 4.74. The van der Waals surface area contributed by atoms with Crippen LogP contribution in [0.4, 0.5) is 0 Å². The molecule has 2 nitrogen and oxygen atoms in total. The molecule has 1 N–H and O–H groups in total. The Balaban J connectivity index is 2.11. The SMILES string of the molecule is CC(C)Oc1cccc(C2(O)CCC(C(C)C)CC2)c1. The summed E-state index contributed by atoms with van der Waals surface area (Å²) in [4.78, 5) is 0. The Morgan fingerprint density at radius 2 is 1.80 bits per heavy atom. The average molecular weight is 276 g/mol. The lowest BCUT2D eigenvalue weighted by atomic mass is 9.72. The van der Waals surface area contributed by atoms with Gasteiger partial charge in [0.1, 0.15) is 5.75 Å². The molecular formula is C18H28O2. The second kappa shape index (κ2) is 6.17. The highest BCUT2D eigenvalue weighted by molar-refractivity contribution is 5.32. The van der Waals surface area contributed by atoms with E-state index < -0.39 is 5.60 Å². The number of aliphatic hydroxyl groups is 1. The lowest BCUT2D eigenvalue weighted by Gasteiger charge is -2.38. The highest BCUT2D eigenvalue weighted by Gasteiger charge is 2.35. The summed E-state index contributed by atoms with van der Waals surface area (Å²) in [6.45, 7) is 8.61. The molecule has 0 aromatic heterocycles. The second-order valence-electron chi connectivity index (χ2n) is 6.81. The number of ether oxygens (including phenoxy) is 1. The second-order valence-corrected chi connectivity index (χ2v) is 6.81. The van der Waals surface area contributed by atoms with E-state index in [2.05, 4.69) is 13.8 Å². The monoisotopic (exact) mass is 276 g/mol. The molecule has 1 aromatic carbocycles. The number of hydrogen-bond acceptors (Lipinski definition) is 2. The van der Waals surface area contributed by atoms with Crippen molar-refractivity contribution in [2.75, 3.05) is 0 Å². The third-order valence-electron chi connectivity index (χ3n) is 4.54. The maximum absolute atomic E-state index is 10.9. The van der Waals surface area contributed by atoms with E-state index >= 15 is 0 Å². The molecule has 0 bridgehead atoms. The number of hydrogen-bond donors (Lipinski definition) is 1. The van der Waals surface area contributed by atoms with Crippen molar-refractivity contribution >= 4 is 0 Å². The summed E-state index contributed by atoms with van der Waals surface area (Å²) >= 11 is 0. The van der Waals surface area contributed by atoms with Crippen LogP contribution in [0, 0.1) is 11.8 Å². The third-order valence-corrected chi connectivity index (χ3v) is 4.54. The van der Waals surface area contributed by atoms with Crippen LogP contribution in [0.15, 0.2) is 24.3 Å². The molecule has 112 valence electrons. The van der Waals surface area contributed by atoms with Crippen LogP contribution in [0.5, 0.6) is 5.75 Å². The van der Waals surface area contributed by atoms with Crippen molar-refractivity contribution < 1.29 is 9.84 Å². The molecule has 0 amide bonds. The fourth-order valence-electron chi connectivity index (χ4n) is 3.20. The van der Waals surface area contributed by atoms with Crippen molar-refractivity contribution in [3.05, 3.63) is 29.8 Å². The van der Waals surface area contributed by atoms with Gasteiger partial charge in [0.15, 0.2) is 0 Å². The summed E-state index contributed by atoms with van der Waals surface area (Å²) in [5, 5.41) is 10.9. The molecule has 0 heterocycles. The minimum absolute atomic E-state index is 0.163. The first kappa shape index (κ1) is 15.4. The Morgan fingerprint density at radius 3 is 2.35 bits per heavy atom. The van der Waals surface area contributed by atoms with Crippen LogP contribution < -0.4 is 4.74 Å². The van der Waals surface area contributed by atoms with Crippen molar-refractivity contribution in [3.63, 3.8) is 0 Å². The van der Waals surface area contributed by atoms with Gasteiger partial charge in [0.2, 0.25) is 0 Å². The van der Waals surface area contributed by atoms with Crippen LogP contribution in [0.3, 0.4) is 0 Å².